The number of amides is 2. The van der Waals surface area contributed by atoms with Crippen molar-refractivity contribution in [3.8, 4) is 0 Å². The average Bonchev–Trinajstić information content (AvgIpc) is 3.31. The number of benzene rings is 2. The van der Waals surface area contributed by atoms with Crippen molar-refractivity contribution < 1.29 is 27.2 Å². The fourth-order valence-corrected chi connectivity index (χ4v) is 4.53. The van der Waals surface area contributed by atoms with Gasteiger partial charge >= 0.3 is 6.18 Å². The molecule has 0 N–H and O–H groups in total. The van der Waals surface area contributed by atoms with E-state index in [0.717, 1.165) is 12.1 Å². The van der Waals surface area contributed by atoms with Gasteiger partial charge in [0.2, 0.25) is 0 Å². The summed E-state index contributed by atoms with van der Waals surface area (Å²) in [6.07, 6.45) is -4.42. The number of halogens is 4. The van der Waals surface area contributed by atoms with Gasteiger partial charge in [-0.1, -0.05) is 24.3 Å². The number of rotatable bonds is 4. The lowest BCUT2D eigenvalue weighted by Gasteiger charge is -2.36. The summed E-state index contributed by atoms with van der Waals surface area (Å²) in [5.41, 5.74) is 0.557. The maximum atomic E-state index is 14.0. The molecule has 1 saturated heterocycles. The van der Waals surface area contributed by atoms with Crippen molar-refractivity contribution >= 4 is 17.5 Å². The van der Waals surface area contributed by atoms with Crippen LogP contribution in [0.1, 0.15) is 32.1 Å². The zero-order valence-electron chi connectivity index (χ0n) is 19.2. The van der Waals surface area contributed by atoms with Crippen LogP contribution < -0.4 is 4.90 Å². The molecule has 2 aromatic carbocycles. The molecular weight excluding hydrogens is 478 g/mol. The molecule has 0 unspecified atom stereocenters. The topological polar surface area (TPSA) is 61.7 Å². The van der Waals surface area contributed by atoms with Crippen molar-refractivity contribution in [2.24, 2.45) is 0 Å². The maximum absolute atomic E-state index is 14.0. The van der Waals surface area contributed by atoms with Gasteiger partial charge in [0.1, 0.15) is 11.5 Å². The first-order valence-corrected chi connectivity index (χ1v) is 11.5. The SMILES string of the molecule is O=C(c1cc2n(n1)CCN(Cc1ccccc1F)C2=O)N1CCN(c2cccc(C(F)(F)F)c2)CC1. The van der Waals surface area contributed by atoms with Gasteiger partial charge in [-0.15, -0.1) is 0 Å². The van der Waals surface area contributed by atoms with E-state index in [4.69, 9.17) is 0 Å². The van der Waals surface area contributed by atoms with Crippen LogP contribution in [0.4, 0.5) is 23.2 Å². The van der Waals surface area contributed by atoms with Gasteiger partial charge in [0.05, 0.1) is 12.1 Å². The Morgan fingerprint density at radius 3 is 2.39 bits per heavy atom. The Labute approximate surface area is 204 Å². The molecule has 2 aliphatic rings. The van der Waals surface area contributed by atoms with Gasteiger partial charge in [-0.25, -0.2) is 4.39 Å². The number of hydrogen-bond donors (Lipinski definition) is 0. The zero-order chi connectivity index (χ0) is 25.4. The summed E-state index contributed by atoms with van der Waals surface area (Å²) in [7, 11) is 0. The quantitative estimate of drug-likeness (QED) is 0.512. The molecule has 1 aromatic heterocycles. The van der Waals surface area contributed by atoms with Crippen LogP contribution in [-0.4, -0.2) is 64.1 Å². The normalized spacial score (nSPS) is 16.3. The molecule has 11 heteroatoms. The monoisotopic (exact) mass is 501 g/mol. The minimum Gasteiger partial charge on any atom is -0.368 e. The third-order valence-electron chi connectivity index (χ3n) is 6.51. The Morgan fingerprint density at radius 2 is 1.67 bits per heavy atom. The number of fused-ring (bicyclic) bond motifs is 1. The lowest BCUT2D eigenvalue weighted by Crippen LogP contribution is -2.49. The van der Waals surface area contributed by atoms with Crippen LogP contribution in [-0.2, 0) is 19.3 Å². The number of carbonyl (C=O) groups is 2. The molecular formula is C25H23F4N5O2. The number of hydrogen-bond acceptors (Lipinski definition) is 4. The molecule has 0 radical (unpaired) electrons. The van der Waals surface area contributed by atoms with Crippen LogP contribution >= 0.6 is 0 Å². The summed E-state index contributed by atoms with van der Waals surface area (Å²) in [5.74, 6) is -1.05. The highest BCUT2D eigenvalue weighted by Gasteiger charge is 2.33. The lowest BCUT2D eigenvalue weighted by molar-refractivity contribution is -0.137. The van der Waals surface area contributed by atoms with Crippen LogP contribution in [0.15, 0.2) is 54.6 Å². The minimum absolute atomic E-state index is 0.122. The van der Waals surface area contributed by atoms with Gasteiger partial charge in [-0.3, -0.25) is 14.3 Å². The van der Waals surface area contributed by atoms with Crippen molar-refractivity contribution in [3.05, 3.63) is 82.9 Å². The van der Waals surface area contributed by atoms with Crippen LogP contribution in [0.5, 0.6) is 0 Å². The molecule has 2 amide bonds. The van der Waals surface area contributed by atoms with Gasteiger partial charge in [-0.05, 0) is 24.3 Å². The van der Waals surface area contributed by atoms with Crippen molar-refractivity contribution in [1.82, 2.24) is 19.6 Å². The molecule has 3 heterocycles. The Morgan fingerprint density at radius 1 is 0.917 bits per heavy atom. The highest BCUT2D eigenvalue weighted by atomic mass is 19.4. The van der Waals surface area contributed by atoms with Crippen LogP contribution in [0, 0.1) is 5.82 Å². The Balaban J connectivity index is 1.24. The van der Waals surface area contributed by atoms with Gasteiger partial charge in [0.15, 0.2) is 5.69 Å². The van der Waals surface area contributed by atoms with Crippen molar-refractivity contribution in [1.29, 1.82) is 0 Å². The Kier molecular flexibility index (Phi) is 6.15. The molecule has 3 aromatic rings. The number of alkyl halides is 3. The largest absolute Gasteiger partial charge is 0.416 e. The first-order valence-electron chi connectivity index (χ1n) is 11.5. The second-order valence-electron chi connectivity index (χ2n) is 8.78. The third kappa shape index (κ3) is 4.65. The van der Waals surface area contributed by atoms with E-state index in [1.807, 2.05) is 0 Å². The summed E-state index contributed by atoms with van der Waals surface area (Å²) in [4.78, 5) is 31.0. The molecule has 0 aliphatic carbocycles. The molecule has 0 bridgehead atoms. The van der Waals surface area contributed by atoms with E-state index in [2.05, 4.69) is 5.10 Å². The minimum atomic E-state index is -4.42. The summed E-state index contributed by atoms with van der Waals surface area (Å²) >= 11 is 0. The van der Waals surface area contributed by atoms with Crippen LogP contribution in [0.25, 0.3) is 0 Å². The van der Waals surface area contributed by atoms with Crippen LogP contribution in [0.2, 0.25) is 0 Å². The lowest BCUT2D eigenvalue weighted by atomic mass is 10.1. The predicted octanol–water partition coefficient (Wildman–Crippen LogP) is 3.66. The molecule has 0 spiro atoms. The Bertz CT molecular complexity index is 1300. The summed E-state index contributed by atoms with van der Waals surface area (Å²) < 4.78 is 54.7. The van der Waals surface area contributed by atoms with E-state index in [9.17, 15) is 27.2 Å². The van der Waals surface area contributed by atoms with Crippen LogP contribution in [0.3, 0.4) is 0 Å². The third-order valence-corrected chi connectivity index (χ3v) is 6.51. The fourth-order valence-electron chi connectivity index (χ4n) is 4.53. The molecule has 0 atom stereocenters. The van der Waals surface area contributed by atoms with E-state index in [-0.39, 0.29) is 35.6 Å². The zero-order valence-corrected chi connectivity index (χ0v) is 19.2. The van der Waals surface area contributed by atoms with Gasteiger partial charge < -0.3 is 14.7 Å². The smallest absolute Gasteiger partial charge is 0.368 e. The molecule has 2 aliphatic heterocycles. The van der Waals surface area contributed by atoms with E-state index in [1.54, 1.807) is 34.1 Å². The van der Waals surface area contributed by atoms with E-state index in [0.29, 0.717) is 50.5 Å². The molecule has 188 valence electrons. The van der Waals surface area contributed by atoms with Gasteiger partial charge in [-0.2, -0.15) is 18.3 Å². The van der Waals surface area contributed by atoms with E-state index < -0.39 is 11.7 Å². The first-order chi connectivity index (χ1) is 17.2. The number of anilines is 1. The summed E-state index contributed by atoms with van der Waals surface area (Å²) in [6, 6.07) is 12.9. The molecule has 7 nitrogen and oxygen atoms in total. The second kappa shape index (κ2) is 9.29. The van der Waals surface area contributed by atoms with Crippen molar-refractivity contribution in [2.45, 2.75) is 19.3 Å². The maximum Gasteiger partial charge on any atom is 0.416 e. The molecule has 1 fully saturated rings. The second-order valence-corrected chi connectivity index (χ2v) is 8.78. The number of piperazine rings is 1. The highest BCUT2D eigenvalue weighted by Crippen LogP contribution is 2.32. The average molecular weight is 501 g/mol. The van der Waals surface area contributed by atoms with Crippen molar-refractivity contribution in [3.63, 3.8) is 0 Å². The predicted molar refractivity (Wildman–Crippen MR) is 123 cm³/mol. The Hall–Kier alpha value is -3.89. The summed E-state index contributed by atoms with van der Waals surface area (Å²) in [6.45, 7) is 2.20. The highest BCUT2D eigenvalue weighted by molar-refractivity contribution is 5.98. The molecule has 0 saturated carbocycles. The molecule has 5 rings (SSSR count). The van der Waals surface area contributed by atoms with E-state index in [1.165, 1.54) is 27.8 Å². The molecule has 36 heavy (non-hydrogen) atoms. The summed E-state index contributed by atoms with van der Waals surface area (Å²) in [5, 5.41) is 4.32. The first kappa shape index (κ1) is 23.8. The fraction of sp³-hybridized carbons (Fsp3) is 0.320. The van der Waals surface area contributed by atoms with E-state index >= 15 is 0 Å². The van der Waals surface area contributed by atoms with Gasteiger partial charge in [0, 0.05) is 56.6 Å². The number of nitrogens with zero attached hydrogens (tertiary/aromatic N) is 5. The van der Waals surface area contributed by atoms with Crippen molar-refractivity contribution in [2.75, 3.05) is 37.6 Å². The standard InChI is InChI=1S/C25H23F4N5O2/c26-20-7-2-1-4-17(20)16-33-12-13-34-22(24(33)36)15-21(30-34)23(35)32-10-8-31(9-11-32)19-6-3-5-18(14-19)25(27,28)29/h1-7,14-15H,8-13,16H2. The van der Waals surface area contributed by atoms with Gasteiger partial charge in [0.25, 0.3) is 11.8 Å². The number of aromatic nitrogens is 2. The number of carbonyl (C=O) groups excluding carboxylic acids is 2.